The highest BCUT2D eigenvalue weighted by molar-refractivity contribution is 9.09. The van der Waals surface area contributed by atoms with Gasteiger partial charge in [0.25, 0.3) is 0 Å². The van der Waals surface area contributed by atoms with Crippen molar-refractivity contribution in [2.45, 2.75) is 18.2 Å². The Kier molecular flexibility index (Phi) is 6.29. The molecule has 0 aliphatic heterocycles. The van der Waals surface area contributed by atoms with Crippen LogP contribution in [0.5, 0.6) is 0 Å². The first-order valence-electron chi connectivity index (χ1n) is 5.82. The largest absolute Gasteiger partial charge is 0.464 e. The third kappa shape index (κ3) is 5.70. The van der Waals surface area contributed by atoms with Gasteiger partial charge in [0.05, 0.1) is 7.11 Å². The number of rotatable bonds is 5. The lowest BCUT2D eigenvalue weighted by atomic mass is 10.2. The number of hydrogen-bond acceptors (Lipinski definition) is 3. The molecule has 1 N–H and O–H groups in total. The summed E-state index contributed by atoms with van der Waals surface area (Å²) in [7, 11) is 1.28. The molecular formula is C14H16BrNO3. The molecule has 5 heteroatoms. The smallest absolute Gasteiger partial charge is 0.354 e. The van der Waals surface area contributed by atoms with Gasteiger partial charge in [-0.15, -0.1) is 0 Å². The monoisotopic (exact) mass is 325 g/mol. The van der Waals surface area contributed by atoms with E-state index in [1.54, 1.807) is 6.08 Å². The first-order chi connectivity index (χ1) is 9.02. The van der Waals surface area contributed by atoms with Gasteiger partial charge in [-0.3, -0.25) is 4.79 Å². The Bertz CT molecular complexity index is 469. The van der Waals surface area contributed by atoms with E-state index in [4.69, 9.17) is 0 Å². The summed E-state index contributed by atoms with van der Waals surface area (Å²) in [5, 5.41) is 2.57. The van der Waals surface area contributed by atoms with Crippen LogP contribution in [0.2, 0.25) is 0 Å². The summed E-state index contributed by atoms with van der Waals surface area (Å²) in [4.78, 5) is 23.3. The van der Waals surface area contributed by atoms with Crippen molar-refractivity contribution in [3.63, 3.8) is 0 Å². The molecule has 0 fully saturated rings. The van der Waals surface area contributed by atoms with Crippen LogP contribution in [-0.2, 0) is 14.3 Å². The zero-order valence-corrected chi connectivity index (χ0v) is 12.4. The van der Waals surface area contributed by atoms with Gasteiger partial charge < -0.3 is 10.1 Å². The predicted molar refractivity (Wildman–Crippen MR) is 77.6 cm³/mol. The number of nitrogens with one attached hydrogen (secondary N) is 1. The van der Waals surface area contributed by atoms with E-state index < -0.39 is 5.97 Å². The van der Waals surface area contributed by atoms with Crippen molar-refractivity contribution in [3.8, 4) is 0 Å². The standard InChI is InChI=1S/C14H16BrNO3/c1-10(15)8-13(17)16-12(14(18)19-2)9-11-6-4-3-5-7-11/h3-7,9-10H,8H2,1-2H3,(H,16,17). The van der Waals surface area contributed by atoms with Crippen molar-refractivity contribution in [2.24, 2.45) is 0 Å². The second-order valence-corrected chi connectivity index (χ2v) is 5.56. The molecule has 0 saturated heterocycles. The van der Waals surface area contributed by atoms with Crippen molar-refractivity contribution >= 4 is 33.9 Å². The number of esters is 1. The second-order valence-electron chi connectivity index (χ2n) is 3.99. The fourth-order valence-corrected chi connectivity index (χ4v) is 1.72. The van der Waals surface area contributed by atoms with E-state index in [2.05, 4.69) is 26.0 Å². The van der Waals surface area contributed by atoms with Crippen LogP contribution in [0.1, 0.15) is 18.9 Å². The number of amides is 1. The van der Waals surface area contributed by atoms with Crippen molar-refractivity contribution in [1.82, 2.24) is 5.32 Å². The topological polar surface area (TPSA) is 55.4 Å². The minimum absolute atomic E-state index is 0.0446. The van der Waals surface area contributed by atoms with Crippen LogP contribution in [0.15, 0.2) is 36.0 Å². The molecular weight excluding hydrogens is 310 g/mol. The summed E-state index contributed by atoms with van der Waals surface area (Å²) in [5.74, 6) is -0.809. The van der Waals surface area contributed by atoms with Crippen LogP contribution >= 0.6 is 15.9 Å². The average molecular weight is 326 g/mol. The van der Waals surface area contributed by atoms with E-state index in [-0.39, 0.29) is 22.9 Å². The molecule has 102 valence electrons. The minimum atomic E-state index is -0.570. The Hall–Kier alpha value is -1.62. The molecule has 0 saturated carbocycles. The Labute approximate surface area is 121 Å². The van der Waals surface area contributed by atoms with E-state index in [0.29, 0.717) is 0 Å². The molecule has 1 unspecified atom stereocenters. The SMILES string of the molecule is COC(=O)C(=Cc1ccccc1)NC(=O)CC(C)Br. The Morgan fingerprint density at radius 1 is 1.37 bits per heavy atom. The van der Waals surface area contributed by atoms with Gasteiger partial charge in [0.1, 0.15) is 5.70 Å². The Morgan fingerprint density at radius 2 is 2.00 bits per heavy atom. The molecule has 0 aromatic heterocycles. The highest BCUT2D eigenvalue weighted by Crippen LogP contribution is 2.08. The summed E-state index contributed by atoms with van der Waals surface area (Å²) < 4.78 is 4.66. The number of ether oxygens (including phenoxy) is 1. The number of methoxy groups -OCH3 is 1. The number of halogens is 1. The third-order valence-corrected chi connectivity index (χ3v) is 2.58. The summed E-state index contributed by atoms with van der Waals surface area (Å²) in [6.45, 7) is 1.86. The van der Waals surface area contributed by atoms with Gasteiger partial charge in [-0.05, 0) is 11.6 Å². The third-order valence-electron chi connectivity index (χ3n) is 2.26. The van der Waals surface area contributed by atoms with Gasteiger partial charge in [-0.2, -0.15) is 0 Å². The van der Waals surface area contributed by atoms with Crippen LogP contribution in [0.4, 0.5) is 0 Å². The zero-order valence-electron chi connectivity index (χ0n) is 10.9. The highest BCUT2D eigenvalue weighted by Gasteiger charge is 2.14. The van der Waals surface area contributed by atoms with Crippen molar-refractivity contribution in [2.75, 3.05) is 7.11 Å². The van der Waals surface area contributed by atoms with Gasteiger partial charge in [0, 0.05) is 11.2 Å². The van der Waals surface area contributed by atoms with Gasteiger partial charge in [0.15, 0.2) is 0 Å². The fraction of sp³-hybridized carbons (Fsp3) is 0.286. The Balaban J connectivity index is 2.87. The molecule has 0 radical (unpaired) electrons. The lowest BCUT2D eigenvalue weighted by molar-refractivity contribution is -0.137. The first-order valence-corrected chi connectivity index (χ1v) is 6.73. The zero-order chi connectivity index (χ0) is 14.3. The molecule has 0 heterocycles. The van der Waals surface area contributed by atoms with Crippen LogP contribution in [-0.4, -0.2) is 23.8 Å². The minimum Gasteiger partial charge on any atom is -0.464 e. The number of carbonyl (C=O) groups is 2. The number of carbonyl (C=O) groups excluding carboxylic acids is 2. The van der Waals surface area contributed by atoms with Gasteiger partial charge in [-0.1, -0.05) is 53.2 Å². The number of alkyl halides is 1. The quantitative estimate of drug-likeness (QED) is 0.514. The predicted octanol–water partition coefficient (Wildman–Crippen LogP) is 2.49. The molecule has 19 heavy (non-hydrogen) atoms. The molecule has 4 nitrogen and oxygen atoms in total. The van der Waals surface area contributed by atoms with Crippen LogP contribution in [0, 0.1) is 0 Å². The Morgan fingerprint density at radius 3 is 2.53 bits per heavy atom. The van der Waals surface area contributed by atoms with E-state index >= 15 is 0 Å². The van der Waals surface area contributed by atoms with E-state index in [1.807, 2.05) is 37.3 Å². The number of benzene rings is 1. The molecule has 0 aliphatic rings. The van der Waals surface area contributed by atoms with Gasteiger partial charge in [-0.25, -0.2) is 4.79 Å². The van der Waals surface area contributed by atoms with Gasteiger partial charge >= 0.3 is 5.97 Å². The molecule has 0 spiro atoms. The summed E-state index contributed by atoms with van der Waals surface area (Å²) in [6, 6.07) is 9.25. The molecule has 0 bridgehead atoms. The lowest BCUT2D eigenvalue weighted by Gasteiger charge is -2.09. The van der Waals surface area contributed by atoms with E-state index in [0.717, 1.165) is 5.56 Å². The van der Waals surface area contributed by atoms with E-state index in [1.165, 1.54) is 7.11 Å². The first kappa shape index (κ1) is 15.4. The summed E-state index contributed by atoms with van der Waals surface area (Å²) >= 11 is 3.29. The maximum absolute atomic E-state index is 11.7. The second kappa shape index (κ2) is 7.74. The fourth-order valence-electron chi connectivity index (χ4n) is 1.43. The lowest BCUT2D eigenvalue weighted by Crippen LogP contribution is -2.29. The summed E-state index contributed by atoms with van der Waals surface area (Å²) in [5.41, 5.74) is 0.946. The van der Waals surface area contributed by atoms with Crippen molar-refractivity contribution < 1.29 is 14.3 Å². The molecule has 1 aromatic carbocycles. The van der Waals surface area contributed by atoms with Gasteiger partial charge in [0.2, 0.25) is 5.91 Å². The maximum Gasteiger partial charge on any atom is 0.354 e. The van der Waals surface area contributed by atoms with Crippen LogP contribution < -0.4 is 5.32 Å². The molecule has 1 aromatic rings. The summed E-state index contributed by atoms with van der Waals surface area (Å²) in [6.07, 6.45) is 1.87. The molecule has 0 aliphatic carbocycles. The average Bonchev–Trinajstić information content (AvgIpc) is 2.37. The van der Waals surface area contributed by atoms with Crippen molar-refractivity contribution in [1.29, 1.82) is 0 Å². The molecule has 1 atom stereocenters. The van der Waals surface area contributed by atoms with Crippen LogP contribution in [0.25, 0.3) is 6.08 Å². The maximum atomic E-state index is 11.7. The van der Waals surface area contributed by atoms with E-state index in [9.17, 15) is 9.59 Å². The number of hydrogen-bond donors (Lipinski definition) is 1. The normalized spacial score (nSPS) is 12.7. The van der Waals surface area contributed by atoms with Crippen molar-refractivity contribution in [3.05, 3.63) is 41.6 Å². The van der Waals surface area contributed by atoms with Crippen LogP contribution in [0.3, 0.4) is 0 Å². The molecule has 1 amide bonds. The highest BCUT2D eigenvalue weighted by atomic mass is 79.9. The molecule has 1 rings (SSSR count).